The number of amides is 1. The van der Waals surface area contributed by atoms with Gasteiger partial charge in [-0.1, -0.05) is 0 Å². The van der Waals surface area contributed by atoms with Crippen LogP contribution in [0.5, 0.6) is 0 Å². The number of carbonyl (C=O) groups is 1. The van der Waals surface area contributed by atoms with Gasteiger partial charge >= 0.3 is 0 Å². The zero-order valence-electron chi connectivity index (χ0n) is 21.4. The minimum absolute atomic E-state index is 0.0727. The number of β-amino-alcohol motifs (C(OH)–C–C–N with tert-alkyl or cyclic N) is 1. The highest BCUT2D eigenvalue weighted by Crippen LogP contribution is 2.34. The third-order valence-corrected chi connectivity index (χ3v) is 9.77. The summed E-state index contributed by atoms with van der Waals surface area (Å²) in [6, 6.07) is 4.26. The maximum Gasteiger partial charge on any atom is 0.256 e. The fourth-order valence-electron chi connectivity index (χ4n) is 6.00. The monoisotopic (exact) mass is 539 g/mol. The molecule has 37 heavy (non-hydrogen) atoms. The number of carbonyl (C=O) groups excluding carboxylic acids is 1. The summed E-state index contributed by atoms with van der Waals surface area (Å²) < 4.78 is 5.43. The fourth-order valence-corrected chi connectivity index (χ4v) is 7.76. The van der Waals surface area contributed by atoms with E-state index in [-0.39, 0.29) is 18.0 Å². The number of nitrogens with zero attached hydrogens (tertiary/aromatic N) is 5. The number of fused-ring (bicyclic) bond motifs is 2. The first-order valence-corrected chi connectivity index (χ1v) is 14.8. The smallest absolute Gasteiger partial charge is 0.256 e. The average Bonchev–Trinajstić information content (AvgIpc) is 3.54. The molecule has 2 atom stereocenters. The van der Waals surface area contributed by atoms with E-state index in [4.69, 9.17) is 9.72 Å². The number of aliphatic hydroxyl groups is 1. The molecule has 1 N–H and O–H groups in total. The predicted molar refractivity (Wildman–Crippen MR) is 144 cm³/mol. The van der Waals surface area contributed by atoms with Crippen molar-refractivity contribution in [2.75, 3.05) is 32.8 Å². The fraction of sp³-hybridized carbons (Fsp3) is 0.556. The first-order chi connectivity index (χ1) is 17.9. The molecule has 3 saturated heterocycles. The van der Waals surface area contributed by atoms with Crippen molar-refractivity contribution in [2.24, 2.45) is 0 Å². The van der Waals surface area contributed by atoms with E-state index in [0.717, 1.165) is 57.9 Å². The maximum absolute atomic E-state index is 13.5. The van der Waals surface area contributed by atoms with Gasteiger partial charge in [-0.3, -0.25) is 14.7 Å². The predicted octanol–water partition coefficient (Wildman–Crippen LogP) is 3.70. The van der Waals surface area contributed by atoms with Gasteiger partial charge in [-0.25, -0.2) is 9.97 Å². The number of pyridine rings is 1. The summed E-state index contributed by atoms with van der Waals surface area (Å²) in [6.45, 7) is 7.60. The van der Waals surface area contributed by atoms with E-state index < -0.39 is 5.60 Å². The summed E-state index contributed by atoms with van der Waals surface area (Å²) in [5, 5.41) is 15.1. The summed E-state index contributed by atoms with van der Waals surface area (Å²) in [4.78, 5) is 33.0. The second-order valence-electron chi connectivity index (χ2n) is 10.6. The molecule has 3 aromatic heterocycles. The Bertz CT molecular complexity index is 1250. The molecule has 8 nitrogen and oxygen atoms in total. The molecule has 0 spiro atoms. The summed E-state index contributed by atoms with van der Waals surface area (Å²) in [5.41, 5.74) is 2.89. The molecule has 2 bridgehead atoms. The van der Waals surface area contributed by atoms with Crippen LogP contribution >= 0.6 is 22.7 Å². The molecule has 1 amide bonds. The van der Waals surface area contributed by atoms with Gasteiger partial charge in [0.15, 0.2) is 0 Å². The molecule has 196 valence electrons. The Hall–Kier alpha value is -2.24. The third-order valence-electron chi connectivity index (χ3n) is 7.83. The van der Waals surface area contributed by atoms with Gasteiger partial charge in [0.05, 0.1) is 37.4 Å². The molecule has 0 aromatic carbocycles. The molecule has 0 aliphatic carbocycles. The quantitative estimate of drug-likeness (QED) is 0.511. The van der Waals surface area contributed by atoms with Gasteiger partial charge in [0.2, 0.25) is 0 Å². The second kappa shape index (κ2) is 10.1. The van der Waals surface area contributed by atoms with E-state index in [2.05, 4.69) is 25.1 Å². The zero-order valence-corrected chi connectivity index (χ0v) is 23.0. The van der Waals surface area contributed by atoms with Gasteiger partial charge < -0.3 is 14.7 Å². The Morgan fingerprint density at radius 1 is 1.16 bits per heavy atom. The van der Waals surface area contributed by atoms with Crippen LogP contribution in [0.3, 0.4) is 0 Å². The highest BCUT2D eigenvalue weighted by atomic mass is 32.1. The zero-order chi connectivity index (χ0) is 25.6. The minimum Gasteiger partial charge on any atom is -0.388 e. The molecular formula is C27H33N5O3S2. The van der Waals surface area contributed by atoms with Gasteiger partial charge in [-0.15, -0.1) is 22.7 Å². The van der Waals surface area contributed by atoms with E-state index in [1.165, 1.54) is 0 Å². The molecule has 3 fully saturated rings. The van der Waals surface area contributed by atoms with Crippen LogP contribution in [0.15, 0.2) is 23.7 Å². The lowest BCUT2D eigenvalue weighted by molar-refractivity contribution is -0.0868. The van der Waals surface area contributed by atoms with Crippen LogP contribution in [-0.4, -0.2) is 86.3 Å². The number of likely N-dealkylation sites (tertiary alicyclic amines) is 1. The van der Waals surface area contributed by atoms with Crippen molar-refractivity contribution in [3.05, 3.63) is 50.7 Å². The largest absolute Gasteiger partial charge is 0.388 e. The van der Waals surface area contributed by atoms with Crippen molar-refractivity contribution in [2.45, 2.75) is 63.6 Å². The summed E-state index contributed by atoms with van der Waals surface area (Å²) >= 11 is 3.31. The Labute approximate surface area is 225 Å². The first-order valence-electron chi connectivity index (χ1n) is 13.1. The van der Waals surface area contributed by atoms with Crippen molar-refractivity contribution < 1.29 is 14.6 Å². The number of hydrogen-bond acceptors (Lipinski definition) is 9. The van der Waals surface area contributed by atoms with E-state index in [1.54, 1.807) is 28.9 Å². The molecule has 6 rings (SSSR count). The average molecular weight is 540 g/mol. The number of thiazole rings is 2. The topological polar surface area (TPSA) is 91.7 Å². The number of hydrogen-bond donors (Lipinski definition) is 1. The van der Waals surface area contributed by atoms with Crippen LogP contribution in [0.1, 0.15) is 57.4 Å². The number of rotatable bonds is 6. The Morgan fingerprint density at radius 3 is 2.57 bits per heavy atom. The molecule has 0 radical (unpaired) electrons. The molecular weight excluding hydrogens is 506 g/mol. The lowest BCUT2D eigenvalue weighted by Gasteiger charge is -2.44. The molecule has 3 aliphatic heterocycles. The van der Waals surface area contributed by atoms with E-state index in [1.807, 2.05) is 26.0 Å². The van der Waals surface area contributed by atoms with Crippen LogP contribution in [0.4, 0.5) is 0 Å². The molecule has 0 unspecified atom stereocenters. The molecule has 0 saturated carbocycles. The molecule has 3 aromatic rings. The van der Waals surface area contributed by atoms with E-state index >= 15 is 0 Å². The number of aromatic nitrogens is 3. The summed E-state index contributed by atoms with van der Waals surface area (Å²) in [5.74, 6) is 0.0727. The minimum atomic E-state index is -0.666. The standard InChI is InChI=1S/C27H33N5O3S2/c1-17-25(37-18(2)29-17)23-15-36-24(30-23)11-20-4-3-19(12-28-20)26(33)32-21-5-6-22(32)14-31(13-21)16-27(34)7-9-35-10-8-27/h3-4,12,15,21-22,34H,5-11,13-14,16H2,1-2H3/t21-,22+. The van der Waals surface area contributed by atoms with Crippen molar-refractivity contribution in [3.63, 3.8) is 0 Å². The normalized spacial score (nSPS) is 23.5. The third kappa shape index (κ3) is 5.22. The van der Waals surface area contributed by atoms with Crippen molar-refractivity contribution in [1.82, 2.24) is 24.8 Å². The Morgan fingerprint density at radius 2 is 1.92 bits per heavy atom. The van der Waals surface area contributed by atoms with Gasteiger partial charge in [-0.2, -0.15) is 0 Å². The summed E-state index contributed by atoms with van der Waals surface area (Å²) in [6.07, 6.45) is 5.78. The van der Waals surface area contributed by atoms with Gasteiger partial charge in [-0.05, 0) is 38.8 Å². The van der Waals surface area contributed by atoms with Gasteiger partial charge in [0.1, 0.15) is 0 Å². The Kier molecular flexibility index (Phi) is 6.87. The Balaban J connectivity index is 1.08. The van der Waals surface area contributed by atoms with Crippen LogP contribution in [0.2, 0.25) is 0 Å². The molecule has 3 aliphatic rings. The lowest BCUT2D eigenvalue weighted by atomic mass is 9.93. The van der Waals surface area contributed by atoms with Gasteiger partial charge in [0, 0.05) is 81.5 Å². The lowest BCUT2D eigenvalue weighted by Crippen LogP contribution is -2.59. The summed E-state index contributed by atoms with van der Waals surface area (Å²) in [7, 11) is 0. The number of aryl methyl sites for hydroxylation is 2. The van der Waals surface area contributed by atoms with Crippen LogP contribution in [0, 0.1) is 13.8 Å². The second-order valence-corrected chi connectivity index (χ2v) is 12.8. The highest BCUT2D eigenvalue weighted by molar-refractivity contribution is 7.16. The van der Waals surface area contributed by atoms with Crippen LogP contribution < -0.4 is 0 Å². The van der Waals surface area contributed by atoms with E-state index in [9.17, 15) is 9.90 Å². The molecule has 10 heteroatoms. The van der Waals surface area contributed by atoms with Gasteiger partial charge in [0.25, 0.3) is 5.91 Å². The first kappa shape index (κ1) is 25.1. The van der Waals surface area contributed by atoms with Crippen LogP contribution in [0.25, 0.3) is 10.6 Å². The number of piperazine rings is 1. The van der Waals surface area contributed by atoms with Crippen LogP contribution in [-0.2, 0) is 11.2 Å². The number of ether oxygens (including phenoxy) is 1. The SMILES string of the molecule is Cc1nc(C)c(-c2csc(Cc3ccc(C(=O)N4[C@@H]5CC[C@H]4CN(CC4(O)CCOCC4)C5)cn3)n2)s1. The molecule has 6 heterocycles. The maximum atomic E-state index is 13.5. The highest BCUT2D eigenvalue weighted by Gasteiger charge is 2.44. The van der Waals surface area contributed by atoms with Crippen molar-refractivity contribution in [1.29, 1.82) is 0 Å². The van der Waals surface area contributed by atoms with Crippen molar-refractivity contribution >= 4 is 28.6 Å². The van der Waals surface area contributed by atoms with Crippen molar-refractivity contribution in [3.8, 4) is 10.6 Å². The van der Waals surface area contributed by atoms with E-state index in [0.29, 0.717) is 44.6 Å².